The maximum atomic E-state index is 14.3. The normalized spacial score (nSPS) is 23.8. The van der Waals surface area contributed by atoms with Gasteiger partial charge in [0, 0.05) is 17.7 Å². The van der Waals surface area contributed by atoms with E-state index >= 15 is 0 Å². The van der Waals surface area contributed by atoms with Crippen molar-refractivity contribution in [2.45, 2.75) is 48.5 Å². The van der Waals surface area contributed by atoms with Crippen molar-refractivity contribution < 1.29 is 35.6 Å². The van der Waals surface area contributed by atoms with Gasteiger partial charge in [-0.3, -0.25) is 9.59 Å². The molecule has 2 fully saturated rings. The fourth-order valence-corrected chi connectivity index (χ4v) is 5.76. The summed E-state index contributed by atoms with van der Waals surface area (Å²) >= 11 is 0. The van der Waals surface area contributed by atoms with Crippen molar-refractivity contribution in [2.24, 2.45) is 11.8 Å². The first-order valence-electron chi connectivity index (χ1n) is 11.8. The molecular formula is C26H24F4N2O4S. The van der Waals surface area contributed by atoms with Gasteiger partial charge < -0.3 is 10.2 Å². The summed E-state index contributed by atoms with van der Waals surface area (Å²) in [6, 6.07) is 6.38. The van der Waals surface area contributed by atoms with Crippen molar-refractivity contribution in [3.63, 3.8) is 0 Å². The highest BCUT2D eigenvalue weighted by Gasteiger charge is 2.49. The molecule has 2 aliphatic carbocycles. The molecule has 0 bridgehead atoms. The maximum Gasteiger partial charge on any atom is 0.419 e. The lowest BCUT2D eigenvalue weighted by molar-refractivity contribution is -0.140. The zero-order valence-electron chi connectivity index (χ0n) is 19.7. The number of carbonyl (C=O) groups is 2. The number of carbonyl (C=O) groups excluding carboxylic acids is 2. The first-order chi connectivity index (χ1) is 17.3. The van der Waals surface area contributed by atoms with Crippen molar-refractivity contribution in [1.29, 1.82) is 0 Å². The third kappa shape index (κ3) is 4.88. The lowest BCUT2D eigenvalue weighted by Crippen LogP contribution is -2.50. The van der Waals surface area contributed by atoms with Gasteiger partial charge in [-0.2, -0.15) is 13.2 Å². The summed E-state index contributed by atoms with van der Waals surface area (Å²) in [4.78, 5) is 28.3. The van der Waals surface area contributed by atoms with E-state index < -0.39 is 51.3 Å². The number of nitrogens with one attached hydrogen (secondary N) is 1. The van der Waals surface area contributed by atoms with E-state index in [0.717, 1.165) is 25.2 Å². The van der Waals surface area contributed by atoms with E-state index in [0.29, 0.717) is 12.5 Å². The summed E-state index contributed by atoms with van der Waals surface area (Å²) in [5.74, 6) is -2.48. The van der Waals surface area contributed by atoms with Gasteiger partial charge in [0.15, 0.2) is 9.84 Å². The Kier molecular flexibility index (Phi) is 6.17. The maximum absolute atomic E-state index is 14.3. The third-order valence-electron chi connectivity index (χ3n) is 7.24. The molecule has 11 heteroatoms. The Morgan fingerprint density at radius 3 is 2.38 bits per heavy atom. The molecule has 3 aliphatic rings. The quantitative estimate of drug-likeness (QED) is 0.441. The third-order valence-corrected chi connectivity index (χ3v) is 8.35. The molecule has 196 valence electrons. The average molecular weight is 537 g/mol. The number of halogens is 4. The lowest BCUT2D eigenvalue weighted by Gasteiger charge is -2.33. The molecule has 0 aromatic heterocycles. The monoisotopic (exact) mass is 536 g/mol. The van der Waals surface area contributed by atoms with Gasteiger partial charge in [-0.1, -0.05) is 24.3 Å². The van der Waals surface area contributed by atoms with Gasteiger partial charge in [0.25, 0.3) is 5.91 Å². The SMILES string of the molecule is CS(=O)(=O)c1cccc(C(=O)N2[C@@H](C(=O)N[C@@H](c3ccc(C(F)(F)F)c(F)c3)C3CC3)C[C@H]3C=C[C@H]32)c1. The van der Waals surface area contributed by atoms with Crippen LogP contribution in [0, 0.1) is 17.7 Å². The molecule has 1 N–H and O–H groups in total. The van der Waals surface area contributed by atoms with Crippen LogP contribution in [0.5, 0.6) is 0 Å². The summed E-state index contributed by atoms with van der Waals surface area (Å²) in [7, 11) is -3.55. The van der Waals surface area contributed by atoms with Gasteiger partial charge in [0.05, 0.1) is 22.5 Å². The van der Waals surface area contributed by atoms with E-state index in [-0.39, 0.29) is 33.9 Å². The minimum absolute atomic E-state index is 0.0163. The Hall–Kier alpha value is -3.21. The molecule has 4 atom stereocenters. The first-order valence-corrected chi connectivity index (χ1v) is 13.7. The number of amides is 2. The summed E-state index contributed by atoms with van der Waals surface area (Å²) in [5, 5.41) is 2.86. The zero-order chi connectivity index (χ0) is 26.7. The number of rotatable bonds is 6. The minimum Gasteiger partial charge on any atom is -0.347 e. The Balaban J connectivity index is 1.40. The molecule has 2 aromatic carbocycles. The summed E-state index contributed by atoms with van der Waals surface area (Å²) in [6.07, 6.45) is 1.72. The Morgan fingerprint density at radius 1 is 1.08 bits per heavy atom. The smallest absolute Gasteiger partial charge is 0.347 e. The van der Waals surface area contributed by atoms with Crippen LogP contribution in [0.15, 0.2) is 59.5 Å². The van der Waals surface area contributed by atoms with E-state index in [1.165, 1.54) is 35.2 Å². The van der Waals surface area contributed by atoms with E-state index in [4.69, 9.17) is 0 Å². The zero-order valence-corrected chi connectivity index (χ0v) is 20.5. The number of sulfone groups is 1. The van der Waals surface area contributed by atoms with Crippen molar-refractivity contribution in [1.82, 2.24) is 10.2 Å². The molecular weight excluding hydrogens is 512 g/mol. The molecule has 0 spiro atoms. The molecule has 1 aliphatic heterocycles. The number of hydrogen-bond acceptors (Lipinski definition) is 4. The Morgan fingerprint density at radius 2 is 1.81 bits per heavy atom. The van der Waals surface area contributed by atoms with Crippen LogP contribution in [-0.4, -0.2) is 43.5 Å². The predicted molar refractivity (Wildman–Crippen MR) is 126 cm³/mol. The second kappa shape index (κ2) is 8.97. The lowest BCUT2D eigenvalue weighted by atomic mass is 9.89. The highest BCUT2D eigenvalue weighted by molar-refractivity contribution is 7.90. The van der Waals surface area contributed by atoms with E-state index in [2.05, 4.69) is 5.32 Å². The van der Waals surface area contributed by atoms with Crippen molar-refractivity contribution in [3.8, 4) is 0 Å². The van der Waals surface area contributed by atoms with Gasteiger partial charge in [-0.15, -0.1) is 0 Å². The van der Waals surface area contributed by atoms with E-state index in [1.807, 2.05) is 6.08 Å². The number of nitrogens with zero attached hydrogens (tertiary/aromatic N) is 1. The van der Waals surface area contributed by atoms with Gasteiger partial charge in [-0.25, -0.2) is 12.8 Å². The first kappa shape index (κ1) is 25.4. The predicted octanol–water partition coefficient (Wildman–Crippen LogP) is 4.28. The highest BCUT2D eigenvalue weighted by Crippen LogP contribution is 2.44. The highest BCUT2D eigenvalue weighted by atomic mass is 32.2. The van der Waals surface area contributed by atoms with Crippen LogP contribution >= 0.6 is 0 Å². The minimum atomic E-state index is -4.83. The van der Waals surface area contributed by atoms with Crippen molar-refractivity contribution in [3.05, 3.63) is 77.1 Å². The van der Waals surface area contributed by atoms with Crippen LogP contribution in [0.25, 0.3) is 0 Å². The van der Waals surface area contributed by atoms with Gasteiger partial charge >= 0.3 is 6.18 Å². The molecule has 2 amide bonds. The van der Waals surface area contributed by atoms with Gasteiger partial charge in [0.1, 0.15) is 11.9 Å². The summed E-state index contributed by atoms with van der Waals surface area (Å²) in [5.41, 5.74) is -1.01. The second-order valence-electron chi connectivity index (χ2n) is 9.86. The standard InChI is InChI=1S/C26H24F4N2O4S/c1-37(35,36)18-4-2-3-17(11-18)25(34)32-21-10-8-15(21)13-22(32)24(33)31-23(14-5-6-14)16-7-9-19(20(27)12-16)26(28,29)30/h2-4,7-12,14-15,21-23H,5-6,13H2,1H3,(H,31,33)/t15-,21-,22-,23-/m1/s1. The Labute approximate surface area is 211 Å². The molecule has 37 heavy (non-hydrogen) atoms. The van der Waals surface area contributed by atoms with Crippen molar-refractivity contribution in [2.75, 3.05) is 6.26 Å². The fraction of sp³-hybridized carbons (Fsp3) is 0.385. The van der Waals surface area contributed by atoms with Crippen LogP contribution in [0.1, 0.15) is 46.8 Å². The number of alkyl halides is 3. The molecule has 2 aromatic rings. The number of hydrogen-bond donors (Lipinski definition) is 1. The molecule has 1 saturated carbocycles. The molecule has 6 nitrogen and oxygen atoms in total. The number of fused-ring (bicyclic) bond motifs is 1. The van der Waals surface area contributed by atoms with Gasteiger partial charge in [0.2, 0.25) is 5.91 Å². The average Bonchev–Trinajstić information content (AvgIpc) is 3.60. The number of benzene rings is 2. The Bertz CT molecular complexity index is 1400. The number of likely N-dealkylation sites (tertiary alicyclic amines) is 1. The van der Waals surface area contributed by atoms with Crippen LogP contribution in [0.3, 0.4) is 0 Å². The topological polar surface area (TPSA) is 83.6 Å². The summed E-state index contributed by atoms with van der Waals surface area (Å²) in [6.45, 7) is 0. The van der Waals surface area contributed by atoms with E-state index in [9.17, 15) is 35.6 Å². The largest absolute Gasteiger partial charge is 0.419 e. The molecule has 5 rings (SSSR count). The van der Waals surface area contributed by atoms with Crippen LogP contribution < -0.4 is 5.32 Å². The second-order valence-corrected chi connectivity index (χ2v) is 11.9. The van der Waals surface area contributed by atoms with Crippen LogP contribution in [0.4, 0.5) is 17.6 Å². The molecule has 0 unspecified atom stereocenters. The van der Waals surface area contributed by atoms with Crippen LogP contribution in [-0.2, 0) is 20.8 Å². The van der Waals surface area contributed by atoms with Crippen LogP contribution in [0.2, 0.25) is 0 Å². The molecule has 0 radical (unpaired) electrons. The molecule has 1 heterocycles. The van der Waals surface area contributed by atoms with Crippen molar-refractivity contribution >= 4 is 21.7 Å². The summed E-state index contributed by atoms with van der Waals surface area (Å²) < 4.78 is 77.2. The van der Waals surface area contributed by atoms with Gasteiger partial charge in [-0.05, 0) is 61.1 Å². The van der Waals surface area contributed by atoms with E-state index in [1.54, 1.807) is 6.08 Å². The fourth-order valence-electron chi connectivity index (χ4n) is 5.09. The molecule has 1 saturated heterocycles.